The largest absolute Gasteiger partial charge is 0.444 e. The van der Waals surface area contributed by atoms with E-state index in [1.807, 2.05) is 20.8 Å². The van der Waals surface area contributed by atoms with Crippen molar-refractivity contribution >= 4 is 11.9 Å². The van der Waals surface area contributed by atoms with Crippen LogP contribution in [0.3, 0.4) is 0 Å². The molecule has 2 N–H and O–H groups in total. The van der Waals surface area contributed by atoms with E-state index in [-0.39, 0.29) is 23.8 Å². The van der Waals surface area contributed by atoms with Crippen LogP contribution < -0.4 is 5.73 Å². The van der Waals surface area contributed by atoms with Gasteiger partial charge in [0.15, 0.2) is 0 Å². The summed E-state index contributed by atoms with van der Waals surface area (Å²) in [5.41, 5.74) is 5.50. The van der Waals surface area contributed by atoms with E-state index >= 15 is 0 Å². The molecule has 0 radical (unpaired) electrons. The molecule has 0 saturated carbocycles. The van der Waals surface area contributed by atoms with Gasteiger partial charge in [0.25, 0.3) is 0 Å². The summed E-state index contributed by atoms with van der Waals surface area (Å²) in [4.78, 5) is 25.0. The second kappa shape index (κ2) is 5.69. The average Bonchev–Trinajstić information content (AvgIpc) is 2.37. The number of Topliss-reactive ketones (excluding diaryl/α,β-unsaturated/α-hetero) is 1. The zero-order valence-electron chi connectivity index (χ0n) is 11.7. The van der Waals surface area contributed by atoms with Gasteiger partial charge >= 0.3 is 6.09 Å². The Morgan fingerprint density at radius 2 is 1.94 bits per heavy atom. The molecule has 1 aliphatic rings. The van der Waals surface area contributed by atoms with Crippen molar-refractivity contribution in [3.8, 4) is 0 Å². The predicted molar refractivity (Wildman–Crippen MR) is 69.2 cm³/mol. The molecule has 0 spiro atoms. The fraction of sp³-hybridized carbons (Fsp3) is 0.846. The Balaban J connectivity index is 2.65. The molecule has 0 aromatic rings. The van der Waals surface area contributed by atoms with E-state index in [4.69, 9.17) is 10.5 Å². The van der Waals surface area contributed by atoms with Crippen molar-refractivity contribution < 1.29 is 14.3 Å². The molecule has 1 rings (SSSR count). The molecule has 0 aromatic carbocycles. The van der Waals surface area contributed by atoms with Crippen LogP contribution in [-0.4, -0.2) is 41.5 Å². The van der Waals surface area contributed by atoms with Crippen molar-refractivity contribution in [3.05, 3.63) is 0 Å². The fourth-order valence-corrected chi connectivity index (χ4v) is 2.19. The summed E-state index contributed by atoms with van der Waals surface area (Å²) < 4.78 is 5.32. The van der Waals surface area contributed by atoms with E-state index in [0.29, 0.717) is 13.1 Å². The number of nitrogens with zero attached hydrogens (tertiary/aromatic N) is 1. The first-order valence-electron chi connectivity index (χ1n) is 6.44. The van der Waals surface area contributed by atoms with Gasteiger partial charge in [-0.15, -0.1) is 0 Å². The van der Waals surface area contributed by atoms with Crippen LogP contribution in [0.2, 0.25) is 0 Å². The zero-order chi connectivity index (χ0) is 13.9. The van der Waals surface area contributed by atoms with Crippen LogP contribution in [0.25, 0.3) is 0 Å². The van der Waals surface area contributed by atoms with Crippen LogP contribution in [0.15, 0.2) is 0 Å². The Kier molecular flexibility index (Phi) is 4.73. The second-order valence-electron chi connectivity index (χ2n) is 5.95. The highest BCUT2D eigenvalue weighted by Gasteiger charge is 2.31. The Labute approximate surface area is 109 Å². The Hall–Kier alpha value is -1.10. The van der Waals surface area contributed by atoms with E-state index in [0.717, 1.165) is 12.8 Å². The van der Waals surface area contributed by atoms with E-state index in [1.54, 1.807) is 11.8 Å². The Bertz CT molecular complexity index is 323. The number of nitrogens with two attached hydrogens (primary N) is 1. The number of ketones is 1. The first kappa shape index (κ1) is 15.0. The van der Waals surface area contributed by atoms with Crippen molar-refractivity contribution in [1.82, 2.24) is 4.90 Å². The van der Waals surface area contributed by atoms with Gasteiger partial charge in [-0.2, -0.15) is 0 Å². The summed E-state index contributed by atoms with van der Waals surface area (Å²) in [5, 5.41) is 0. The molecule has 5 heteroatoms. The van der Waals surface area contributed by atoms with Crippen LogP contribution >= 0.6 is 0 Å². The van der Waals surface area contributed by atoms with Crippen molar-refractivity contribution in [2.45, 2.75) is 52.2 Å². The minimum Gasteiger partial charge on any atom is -0.444 e. The molecular formula is C13H24N2O3. The summed E-state index contributed by atoms with van der Waals surface area (Å²) in [6, 6.07) is -0.294. The van der Waals surface area contributed by atoms with Gasteiger partial charge in [0.2, 0.25) is 0 Å². The number of hydrogen-bond acceptors (Lipinski definition) is 4. The third-order valence-electron chi connectivity index (χ3n) is 3.07. The quantitative estimate of drug-likeness (QED) is 0.772. The van der Waals surface area contributed by atoms with Crippen LogP contribution in [0, 0.1) is 5.92 Å². The number of ether oxygens (including phenoxy) is 1. The number of carbonyl (C=O) groups is 2. The molecule has 0 aromatic heterocycles. The van der Waals surface area contributed by atoms with Gasteiger partial charge in [-0.25, -0.2) is 4.79 Å². The van der Waals surface area contributed by atoms with Gasteiger partial charge in [0, 0.05) is 25.0 Å². The topological polar surface area (TPSA) is 72.6 Å². The number of likely N-dealkylation sites (tertiary alicyclic amines) is 1. The Morgan fingerprint density at radius 3 is 2.44 bits per heavy atom. The van der Waals surface area contributed by atoms with Gasteiger partial charge in [-0.05, 0) is 40.5 Å². The van der Waals surface area contributed by atoms with Gasteiger partial charge in [0.1, 0.15) is 11.4 Å². The van der Waals surface area contributed by atoms with E-state index in [1.165, 1.54) is 0 Å². The second-order valence-corrected chi connectivity index (χ2v) is 5.95. The molecule has 1 fully saturated rings. The van der Waals surface area contributed by atoms with Gasteiger partial charge in [0.05, 0.1) is 0 Å². The highest BCUT2D eigenvalue weighted by Crippen LogP contribution is 2.19. The van der Waals surface area contributed by atoms with Crippen LogP contribution in [0.4, 0.5) is 4.79 Å². The molecule has 5 nitrogen and oxygen atoms in total. The molecule has 2 atom stereocenters. The molecular weight excluding hydrogens is 232 g/mol. The number of amides is 1. The molecule has 1 aliphatic heterocycles. The summed E-state index contributed by atoms with van der Waals surface area (Å²) in [7, 11) is 0. The molecule has 0 bridgehead atoms. The summed E-state index contributed by atoms with van der Waals surface area (Å²) in [6.07, 6.45) is 1.19. The third kappa shape index (κ3) is 4.29. The zero-order valence-corrected chi connectivity index (χ0v) is 11.7. The van der Waals surface area contributed by atoms with Gasteiger partial charge in [-0.1, -0.05) is 0 Å². The fourth-order valence-electron chi connectivity index (χ4n) is 2.19. The maximum Gasteiger partial charge on any atom is 0.410 e. The van der Waals surface area contributed by atoms with Crippen LogP contribution in [0.5, 0.6) is 0 Å². The maximum atomic E-state index is 12.0. The van der Waals surface area contributed by atoms with Gasteiger partial charge < -0.3 is 15.4 Å². The first-order valence-corrected chi connectivity index (χ1v) is 6.44. The number of carbonyl (C=O) groups excluding carboxylic acids is 2. The lowest BCUT2D eigenvalue weighted by atomic mass is 9.93. The van der Waals surface area contributed by atoms with Crippen molar-refractivity contribution in [1.29, 1.82) is 0 Å². The minimum atomic E-state index is -0.506. The van der Waals surface area contributed by atoms with Crippen molar-refractivity contribution in [3.63, 3.8) is 0 Å². The number of hydrogen-bond donors (Lipinski definition) is 1. The standard InChI is InChI=1S/C13H24N2O3/c1-9(16)10-6-5-7-15(8-11(10)14)12(17)18-13(2,3)4/h10-11H,5-8,14H2,1-4H3. The molecule has 1 heterocycles. The van der Waals surface area contributed by atoms with Crippen LogP contribution in [-0.2, 0) is 9.53 Å². The summed E-state index contributed by atoms with van der Waals surface area (Å²) in [6.45, 7) is 8.06. The minimum absolute atomic E-state index is 0.105. The van der Waals surface area contributed by atoms with Crippen molar-refractivity contribution in [2.75, 3.05) is 13.1 Å². The highest BCUT2D eigenvalue weighted by molar-refractivity contribution is 5.79. The number of rotatable bonds is 1. The van der Waals surface area contributed by atoms with E-state index < -0.39 is 5.60 Å². The molecule has 18 heavy (non-hydrogen) atoms. The third-order valence-corrected chi connectivity index (χ3v) is 3.07. The van der Waals surface area contributed by atoms with E-state index in [2.05, 4.69) is 0 Å². The lowest BCUT2D eigenvalue weighted by Gasteiger charge is -2.28. The predicted octanol–water partition coefficient (Wildman–Crippen LogP) is 1.55. The SMILES string of the molecule is CC(=O)C1CCCN(C(=O)OC(C)(C)C)CC1N. The van der Waals surface area contributed by atoms with Gasteiger partial charge in [-0.3, -0.25) is 4.79 Å². The lowest BCUT2D eigenvalue weighted by Crippen LogP contribution is -2.45. The monoisotopic (exact) mass is 256 g/mol. The normalized spacial score (nSPS) is 25.5. The molecule has 1 saturated heterocycles. The molecule has 2 unspecified atom stereocenters. The van der Waals surface area contributed by atoms with E-state index in [9.17, 15) is 9.59 Å². The first-order chi connectivity index (χ1) is 8.20. The maximum absolute atomic E-state index is 12.0. The smallest absolute Gasteiger partial charge is 0.410 e. The molecule has 104 valence electrons. The average molecular weight is 256 g/mol. The summed E-state index contributed by atoms with van der Waals surface area (Å²) >= 11 is 0. The molecule has 0 aliphatic carbocycles. The lowest BCUT2D eigenvalue weighted by molar-refractivity contribution is -0.121. The van der Waals surface area contributed by atoms with Crippen LogP contribution in [0.1, 0.15) is 40.5 Å². The highest BCUT2D eigenvalue weighted by atomic mass is 16.6. The summed E-state index contributed by atoms with van der Waals surface area (Å²) in [5.74, 6) is -0.0361. The van der Waals surface area contributed by atoms with Crippen molar-refractivity contribution in [2.24, 2.45) is 11.7 Å². The molecule has 1 amide bonds. The Morgan fingerprint density at radius 1 is 1.33 bits per heavy atom.